The van der Waals surface area contributed by atoms with Gasteiger partial charge in [-0.05, 0) is 44.0 Å². The van der Waals surface area contributed by atoms with E-state index in [2.05, 4.69) is 36.2 Å². The first-order valence-corrected chi connectivity index (χ1v) is 7.44. The Hall–Kier alpha value is -1.06. The smallest absolute Gasteiger partial charge is 0.119 e. The highest BCUT2D eigenvalue weighted by atomic mass is 16.5. The van der Waals surface area contributed by atoms with Crippen molar-refractivity contribution in [2.45, 2.75) is 32.7 Å². The molecule has 1 aliphatic rings. The fourth-order valence-electron chi connectivity index (χ4n) is 2.46. The summed E-state index contributed by atoms with van der Waals surface area (Å²) < 4.78 is 5.80. The molecular weight excluding hydrogens is 236 g/mol. The van der Waals surface area contributed by atoms with Gasteiger partial charge in [0, 0.05) is 25.7 Å². The van der Waals surface area contributed by atoms with Crippen molar-refractivity contribution >= 4 is 0 Å². The van der Waals surface area contributed by atoms with Crippen LogP contribution >= 0.6 is 0 Å². The highest BCUT2D eigenvalue weighted by molar-refractivity contribution is 5.27. The summed E-state index contributed by atoms with van der Waals surface area (Å²) in [4.78, 5) is 2.59. The Morgan fingerprint density at radius 1 is 1.32 bits per heavy atom. The maximum Gasteiger partial charge on any atom is 0.119 e. The van der Waals surface area contributed by atoms with Gasteiger partial charge in [-0.2, -0.15) is 0 Å². The third kappa shape index (κ3) is 4.51. The summed E-state index contributed by atoms with van der Waals surface area (Å²) in [5.74, 6) is 0.993. The highest BCUT2D eigenvalue weighted by Gasteiger charge is 2.23. The van der Waals surface area contributed by atoms with E-state index in [9.17, 15) is 0 Å². The molecule has 1 aromatic rings. The van der Waals surface area contributed by atoms with Crippen molar-refractivity contribution in [2.75, 3.05) is 32.8 Å². The van der Waals surface area contributed by atoms with E-state index in [1.54, 1.807) is 0 Å². The molecule has 0 atom stereocenters. The van der Waals surface area contributed by atoms with Crippen molar-refractivity contribution in [2.24, 2.45) is 0 Å². The second-order valence-electron chi connectivity index (χ2n) is 5.37. The van der Waals surface area contributed by atoms with Crippen molar-refractivity contribution in [3.05, 3.63) is 29.8 Å². The first-order chi connectivity index (χ1) is 9.29. The summed E-state index contributed by atoms with van der Waals surface area (Å²) in [6.07, 6.45) is 2.33. The molecule has 2 rings (SSSR count). The highest BCUT2D eigenvalue weighted by Crippen LogP contribution is 2.13. The fraction of sp³-hybridized carbons (Fsp3) is 0.625. The molecule has 1 N–H and O–H groups in total. The second-order valence-corrected chi connectivity index (χ2v) is 5.37. The van der Waals surface area contributed by atoms with Crippen LogP contribution < -0.4 is 10.1 Å². The average molecular weight is 262 g/mol. The molecule has 3 heteroatoms. The van der Waals surface area contributed by atoms with Crippen LogP contribution in [0.4, 0.5) is 0 Å². The second kappa shape index (κ2) is 7.51. The molecule has 0 radical (unpaired) electrons. The number of hydrogen-bond donors (Lipinski definition) is 1. The van der Waals surface area contributed by atoms with Gasteiger partial charge in [0.2, 0.25) is 0 Å². The van der Waals surface area contributed by atoms with Crippen LogP contribution in [0, 0.1) is 6.92 Å². The van der Waals surface area contributed by atoms with Crippen molar-refractivity contribution < 1.29 is 4.74 Å². The number of nitrogens with one attached hydrogen (secondary N) is 1. The number of hydrogen-bond acceptors (Lipinski definition) is 3. The SMILES string of the molecule is CCCN(CCCOc1cccc(C)c1)C1CNC1. The third-order valence-corrected chi connectivity index (χ3v) is 3.64. The number of ether oxygens (including phenoxy) is 1. The molecule has 3 nitrogen and oxygen atoms in total. The molecule has 1 aromatic carbocycles. The van der Waals surface area contributed by atoms with E-state index >= 15 is 0 Å². The van der Waals surface area contributed by atoms with Crippen LogP contribution in [0.2, 0.25) is 0 Å². The zero-order valence-electron chi connectivity index (χ0n) is 12.2. The molecule has 19 heavy (non-hydrogen) atoms. The van der Waals surface area contributed by atoms with E-state index in [1.165, 1.54) is 18.5 Å². The minimum Gasteiger partial charge on any atom is -0.494 e. The molecule has 0 spiro atoms. The molecule has 1 aliphatic heterocycles. The van der Waals surface area contributed by atoms with Gasteiger partial charge in [-0.3, -0.25) is 4.90 Å². The topological polar surface area (TPSA) is 24.5 Å². The molecule has 106 valence electrons. The van der Waals surface area contributed by atoms with Gasteiger partial charge in [0.25, 0.3) is 0 Å². The maximum atomic E-state index is 5.80. The molecule has 0 unspecified atom stereocenters. The number of rotatable bonds is 8. The van der Waals surface area contributed by atoms with E-state index in [4.69, 9.17) is 4.74 Å². The molecule has 0 aromatic heterocycles. The zero-order valence-corrected chi connectivity index (χ0v) is 12.2. The van der Waals surface area contributed by atoms with Gasteiger partial charge in [0.05, 0.1) is 6.61 Å². The quantitative estimate of drug-likeness (QED) is 0.728. The lowest BCUT2D eigenvalue weighted by atomic mass is 10.1. The molecule has 0 aliphatic carbocycles. The summed E-state index contributed by atoms with van der Waals surface area (Å²) in [5, 5.41) is 3.35. The summed E-state index contributed by atoms with van der Waals surface area (Å²) in [5.41, 5.74) is 1.26. The predicted octanol–water partition coefficient (Wildman–Crippen LogP) is 2.45. The van der Waals surface area contributed by atoms with E-state index < -0.39 is 0 Å². The number of benzene rings is 1. The standard InChI is InChI=1S/C16H26N2O/c1-3-8-18(15-12-17-13-15)9-5-10-19-16-7-4-6-14(2)11-16/h4,6-7,11,15,17H,3,5,8-10,12-13H2,1-2H3. The molecule has 1 heterocycles. The minimum atomic E-state index is 0.749. The van der Waals surface area contributed by atoms with E-state index in [0.29, 0.717) is 0 Å². The lowest BCUT2D eigenvalue weighted by Crippen LogP contribution is -2.57. The Labute approximate surface area is 116 Å². The first-order valence-electron chi connectivity index (χ1n) is 7.44. The molecule has 1 saturated heterocycles. The Morgan fingerprint density at radius 3 is 2.79 bits per heavy atom. The largest absolute Gasteiger partial charge is 0.494 e. The van der Waals surface area contributed by atoms with E-state index in [0.717, 1.165) is 44.5 Å². The Kier molecular flexibility index (Phi) is 5.67. The van der Waals surface area contributed by atoms with Gasteiger partial charge in [-0.25, -0.2) is 0 Å². The van der Waals surface area contributed by atoms with Crippen molar-refractivity contribution in [1.29, 1.82) is 0 Å². The van der Waals surface area contributed by atoms with Crippen LogP contribution in [-0.2, 0) is 0 Å². The number of nitrogens with zero attached hydrogens (tertiary/aromatic N) is 1. The van der Waals surface area contributed by atoms with Crippen LogP contribution in [0.1, 0.15) is 25.3 Å². The molecule has 0 amide bonds. The van der Waals surface area contributed by atoms with Crippen LogP contribution in [0.15, 0.2) is 24.3 Å². The van der Waals surface area contributed by atoms with Gasteiger partial charge in [0.15, 0.2) is 0 Å². The maximum absolute atomic E-state index is 5.80. The third-order valence-electron chi connectivity index (χ3n) is 3.64. The summed E-state index contributed by atoms with van der Waals surface area (Å²) in [6.45, 7) is 9.81. The Morgan fingerprint density at radius 2 is 2.16 bits per heavy atom. The summed E-state index contributed by atoms with van der Waals surface area (Å²) >= 11 is 0. The van der Waals surface area contributed by atoms with Gasteiger partial charge in [-0.15, -0.1) is 0 Å². The first kappa shape index (κ1) is 14.4. The summed E-state index contributed by atoms with van der Waals surface area (Å²) in [6, 6.07) is 9.03. The van der Waals surface area contributed by atoms with Crippen LogP contribution in [0.25, 0.3) is 0 Å². The van der Waals surface area contributed by atoms with Crippen molar-refractivity contribution in [3.63, 3.8) is 0 Å². The van der Waals surface area contributed by atoms with Gasteiger partial charge in [0.1, 0.15) is 5.75 Å². The fourth-order valence-corrected chi connectivity index (χ4v) is 2.46. The van der Waals surface area contributed by atoms with Crippen molar-refractivity contribution in [3.8, 4) is 5.75 Å². The monoisotopic (exact) mass is 262 g/mol. The molecule has 1 fully saturated rings. The van der Waals surface area contributed by atoms with Crippen LogP contribution in [-0.4, -0.2) is 43.7 Å². The molecule has 0 bridgehead atoms. The Balaban J connectivity index is 1.67. The minimum absolute atomic E-state index is 0.749. The normalized spacial score (nSPS) is 15.5. The Bertz CT molecular complexity index is 377. The van der Waals surface area contributed by atoms with E-state index in [1.807, 2.05) is 12.1 Å². The lowest BCUT2D eigenvalue weighted by Gasteiger charge is -2.38. The average Bonchev–Trinajstić information content (AvgIpc) is 2.32. The molecule has 0 saturated carbocycles. The zero-order chi connectivity index (χ0) is 13.5. The van der Waals surface area contributed by atoms with Gasteiger partial charge < -0.3 is 10.1 Å². The van der Waals surface area contributed by atoms with Crippen LogP contribution in [0.3, 0.4) is 0 Å². The van der Waals surface area contributed by atoms with Crippen LogP contribution in [0.5, 0.6) is 5.75 Å². The van der Waals surface area contributed by atoms with Crippen molar-refractivity contribution in [1.82, 2.24) is 10.2 Å². The van der Waals surface area contributed by atoms with Gasteiger partial charge in [-0.1, -0.05) is 19.1 Å². The molecular formula is C16H26N2O. The summed E-state index contributed by atoms with van der Waals surface area (Å²) in [7, 11) is 0. The number of aryl methyl sites for hydroxylation is 1. The predicted molar refractivity (Wildman–Crippen MR) is 79.8 cm³/mol. The lowest BCUT2D eigenvalue weighted by molar-refractivity contribution is 0.135. The van der Waals surface area contributed by atoms with Gasteiger partial charge >= 0.3 is 0 Å². The van der Waals surface area contributed by atoms with E-state index in [-0.39, 0.29) is 0 Å².